The van der Waals surface area contributed by atoms with Crippen LogP contribution in [0.4, 0.5) is 26.3 Å². The maximum Gasteiger partial charge on any atom is 0.438 e. The summed E-state index contributed by atoms with van der Waals surface area (Å²) in [7, 11) is 0. The summed E-state index contributed by atoms with van der Waals surface area (Å²) in [5.41, 5.74) is -2.36. The van der Waals surface area contributed by atoms with Crippen LogP contribution in [0.5, 0.6) is 0 Å². The SMILES string of the molecule is C=C1/C(=C\C=C2/CCC[C@]3(C)[C@@H]([C@@H](C)COCC#CC(O)(C(F)(F)F)C(F)(F)F)CC[C@@H]23)C[C@@H](O)C[C@@H]1O. The third-order valence-corrected chi connectivity index (χ3v) is 8.63. The Bertz CT molecular complexity index is 988. The van der Waals surface area contributed by atoms with Gasteiger partial charge in [0.1, 0.15) is 6.61 Å². The van der Waals surface area contributed by atoms with Gasteiger partial charge in [-0.25, -0.2) is 0 Å². The Morgan fingerprint density at radius 1 is 1.13 bits per heavy atom. The molecular formula is C28H36F6O4. The van der Waals surface area contributed by atoms with E-state index in [9.17, 15) is 36.6 Å². The second kappa shape index (κ2) is 11.4. The van der Waals surface area contributed by atoms with Gasteiger partial charge in [-0.1, -0.05) is 44.1 Å². The van der Waals surface area contributed by atoms with E-state index in [-0.39, 0.29) is 30.3 Å². The Morgan fingerprint density at radius 3 is 2.42 bits per heavy atom. The molecule has 0 bridgehead atoms. The van der Waals surface area contributed by atoms with Crippen LogP contribution in [0.3, 0.4) is 0 Å². The molecule has 4 nitrogen and oxygen atoms in total. The smallest absolute Gasteiger partial charge is 0.393 e. The fourth-order valence-corrected chi connectivity index (χ4v) is 6.56. The van der Waals surface area contributed by atoms with Crippen molar-refractivity contribution in [2.45, 2.75) is 89.0 Å². The molecule has 3 saturated carbocycles. The van der Waals surface area contributed by atoms with E-state index < -0.39 is 36.8 Å². The topological polar surface area (TPSA) is 69.9 Å². The molecule has 0 aliphatic heterocycles. The lowest BCUT2D eigenvalue weighted by Crippen LogP contribution is -2.55. The first-order valence-corrected chi connectivity index (χ1v) is 12.9. The normalized spacial score (nSPS) is 33.7. The van der Waals surface area contributed by atoms with E-state index in [1.54, 1.807) is 5.92 Å². The zero-order chi connectivity index (χ0) is 28.5. The first kappa shape index (κ1) is 30.7. The molecule has 0 aromatic heterocycles. The first-order valence-electron chi connectivity index (χ1n) is 12.9. The number of hydrogen-bond acceptors (Lipinski definition) is 4. The zero-order valence-electron chi connectivity index (χ0n) is 21.6. The van der Waals surface area contributed by atoms with E-state index in [0.29, 0.717) is 17.9 Å². The van der Waals surface area contributed by atoms with Gasteiger partial charge in [0.05, 0.1) is 18.8 Å². The van der Waals surface area contributed by atoms with Crippen LogP contribution < -0.4 is 0 Å². The van der Waals surface area contributed by atoms with E-state index in [1.807, 2.05) is 13.0 Å². The van der Waals surface area contributed by atoms with Crippen molar-refractivity contribution in [2.75, 3.05) is 13.2 Å². The average molecular weight is 551 g/mol. The number of halogens is 6. The fraction of sp³-hybridized carbons (Fsp3) is 0.714. The Balaban J connectivity index is 1.64. The van der Waals surface area contributed by atoms with Crippen molar-refractivity contribution in [3.05, 3.63) is 35.5 Å². The van der Waals surface area contributed by atoms with Crippen LogP contribution in [-0.2, 0) is 4.74 Å². The molecule has 0 spiro atoms. The maximum absolute atomic E-state index is 12.7. The van der Waals surface area contributed by atoms with Crippen molar-refractivity contribution in [1.82, 2.24) is 0 Å². The molecule has 3 N–H and O–H groups in total. The van der Waals surface area contributed by atoms with Gasteiger partial charge in [0.2, 0.25) is 0 Å². The molecule has 0 saturated heterocycles. The molecule has 10 heteroatoms. The predicted octanol–water partition coefficient (Wildman–Crippen LogP) is 5.64. The molecule has 0 radical (unpaired) electrons. The molecule has 6 atom stereocenters. The summed E-state index contributed by atoms with van der Waals surface area (Å²) in [6.45, 7) is 7.61. The van der Waals surface area contributed by atoms with Crippen LogP contribution >= 0.6 is 0 Å². The zero-order valence-corrected chi connectivity index (χ0v) is 21.6. The van der Waals surface area contributed by atoms with Gasteiger partial charge < -0.3 is 20.1 Å². The highest BCUT2D eigenvalue weighted by Crippen LogP contribution is 2.59. The molecule has 3 aliphatic carbocycles. The number of alkyl halides is 6. The van der Waals surface area contributed by atoms with Crippen molar-refractivity contribution in [2.24, 2.45) is 23.2 Å². The molecule has 38 heavy (non-hydrogen) atoms. The molecule has 0 heterocycles. The Labute approximate surface area is 219 Å². The van der Waals surface area contributed by atoms with Crippen LogP contribution in [0.15, 0.2) is 35.5 Å². The standard InChI is InChI=1S/C28H36F6O4/c1-17(16-38-13-5-12-26(37,27(29,30)31)28(32,33)34)22-9-10-23-19(6-4-11-25(22,23)3)7-8-20-14-21(35)15-24(36)18(20)2/h7-8,17,21-24,35-37H,2,4,6,9-11,13-16H2,1,3H3/b19-7+,20-8-/t17-,21+,22+,23-,24-,25+/m0/s1. The lowest BCUT2D eigenvalue weighted by Gasteiger charge is -2.44. The predicted molar refractivity (Wildman–Crippen MR) is 130 cm³/mol. The van der Waals surface area contributed by atoms with Crippen LogP contribution in [0, 0.1) is 35.0 Å². The number of fused-ring (bicyclic) bond motifs is 1. The Kier molecular flexibility index (Phi) is 9.19. The third kappa shape index (κ3) is 6.16. The molecular weight excluding hydrogens is 514 g/mol. The largest absolute Gasteiger partial charge is 0.438 e. The summed E-state index contributed by atoms with van der Waals surface area (Å²) >= 11 is 0. The molecule has 0 aromatic carbocycles. The Hall–Kier alpha value is -1.80. The van der Waals surface area contributed by atoms with Gasteiger partial charge in [-0.2, -0.15) is 26.3 Å². The quantitative estimate of drug-likeness (QED) is 0.236. The number of ether oxygens (including phenoxy) is 1. The van der Waals surface area contributed by atoms with E-state index in [4.69, 9.17) is 9.84 Å². The van der Waals surface area contributed by atoms with E-state index in [1.165, 1.54) is 5.57 Å². The summed E-state index contributed by atoms with van der Waals surface area (Å²) < 4.78 is 81.8. The van der Waals surface area contributed by atoms with Crippen molar-refractivity contribution >= 4 is 0 Å². The highest BCUT2D eigenvalue weighted by Gasteiger charge is 2.70. The van der Waals surface area contributed by atoms with Gasteiger partial charge in [0.25, 0.3) is 0 Å². The lowest BCUT2D eigenvalue weighted by molar-refractivity contribution is -0.343. The third-order valence-electron chi connectivity index (χ3n) is 8.63. The van der Waals surface area contributed by atoms with Gasteiger partial charge >= 0.3 is 18.0 Å². The van der Waals surface area contributed by atoms with Gasteiger partial charge in [0.15, 0.2) is 0 Å². The van der Waals surface area contributed by atoms with Crippen molar-refractivity contribution in [1.29, 1.82) is 0 Å². The van der Waals surface area contributed by atoms with Crippen LogP contribution in [0.2, 0.25) is 0 Å². The minimum Gasteiger partial charge on any atom is -0.393 e. The monoisotopic (exact) mass is 550 g/mol. The van der Waals surface area contributed by atoms with E-state index in [2.05, 4.69) is 19.6 Å². The van der Waals surface area contributed by atoms with Crippen LogP contribution in [0.1, 0.15) is 58.8 Å². The maximum atomic E-state index is 12.7. The van der Waals surface area contributed by atoms with Gasteiger partial charge in [-0.3, -0.25) is 0 Å². The summed E-state index contributed by atoms with van der Waals surface area (Å²) in [5, 5.41) is 29.2. The Morgan fingerprint density at radius 2 is 1.79 bits per heavy atom. The van der Waals surface area contributed by atoms with Gasteiger partial charge in [0, 0.05) is 6.42 Å². The summed E-state index contributed by atoms with van der Waals surface area (Å²) in [6, 6.07) is 0. The first-order chi connectivity index (χ1) is 17.5. The number of aliphatic hydroxyl groups is 3. The number of hydrogen-bond donors (Lipinski definition) is 3. The summed E-state index contributed by atoms with van der Waals surface area (Å²) in [5.74, 6) is 3.16. The molecule has 3 fully saturated rings. The van der Waals surface area contributed by atoms with Crippen molar-refractivity contribution in [3.8, 4) is 11.8 Å². The van der Waals surface area contributed by atoms with Gasteiger partial charge in [-0.15, -0.1) is 0 Å². The van der Waals surface area contributed by atoms with Crippen molar-refractivity contribution in [3.63, 3.8) is 0 Å². The van der Waals surface area contributed by atoms with Gasteiger partial charge in [-0.05, 0) is 78.8 Å². The van der Waals surface area contributed by atoms with E-state index in [0.717, 1.165) is 43.6 Å². The number of allylic oxidation sites excluding steroid dienone is 3. The lowest BCUT2D eigenvalue weighted by atomic mass is 9.61. The van der Waals surface area contributed by atoms with Crippen molar-refractivity contribution < 1.29 is 46.4 Å². The molecule has 0 unspecified atom stereocenters. The van der Waals surface area contributed by atoms with Crippen LogP contribution in [0.25, 0.3) is 0 Å². The van der Waals surface area contributed by atoms with E-state index >= 15 is 0 Å². The molecule has 214 valence electrons. The second-order valence-electron chi connectivity index (χ2n) is 11.2. The fourth-order valence-electron chi connectivity index (χ4n) is 6.56. The number of rotatable bonds is 5. The minimum atomic E-state index is -5.98. The molecule has 3 rings (SSSR count). The minimum absolute atomic E-state index is 0.00274. The van der Waals surface area contributed by atoms with Crippen LogP contribution in [-0.4, -0.2) is 58.7 Å². The average Bonchev–Trinajstić information content (AvgIpc) is 3.16. The second-order valence-corrected chi connectivity index (χ2v) is 11.2. The highest BCUT2D eigenvalue weighted by atomic mass is 19.4. The number of aliphatic hydroxyl groups excluding tert-OH is 2. The molecule has 0 amide bonds. The molecule has 0 aromatic rings. The summed E-state index contributed by atoms with van der Waals surface area (Å²) in [6.07, 6.45) is -3.75. The molecule has 3 aliphatic rings. The summed E-state index contributed by atoms with van der Waals surface area (Å²) in [4.78, 5) is 0. The highest BCUT2D eigenvalue weighted by molar-refractivity contribution is 5.38.